The van der Waals surface area contributed by atoms with Gasteiger partial charge in [0.05, 0.1) is 7.11 Å². The molecule has 98 valence electrons. The molecule has 17 heavy (non-hydrogen) atoms. The number of rotatable bonds is 3. The van der Waals surface area contributed by atoms with Crippen LogP contribution in [0.2, 0.25) is 0 Å². The zero-order valence-corrected chi connectivity index (χ0v) is 11.2. The van der Waals surface area contributed by atoms with E-state index in [2.05, 4.69) is 24.1 Å². The fourth-order valence-corrected chi connectivity index (χ4v) is 3.30. The fourth-order valence-electron chi connectivity index (χ4n) is 3.30. The van der Waals surface area contributed by atoms with E-state index in [0.717, 1.165) is 38.9 Å². The van der Waals surface area contributed by atoms with Gasteiger partial charge >= 0.3 is 5.97 Å². The first-order valence-corrected chi connectivity index (χ1v) is 6.67. The lowest BCUT2D eigenvalue weighted by Crippen LogP contribution is -2.55. The first kappa shape index (κ1) is 12.8. The number of esters is 1. The van der Waals surface area contributed by atoms with Crippen molar-refractivity contribution in [1.29, 1.82) is 0 Å². The minimum absolute atomic E-state index is 0.0643. The lowest BCUT2D eigenvalue weighted by Gasteiger charge is -2.33. The first-order valence-electron chi connectivity index (χ1n) is 6.67. The van der Waals surface area contributed by atoms with Gasteiger partial charge in [0.1, 0.15) is 5.54 Å². The van der Waals surface area contributed by atoms with Crippen molar-refractivity contribution in [2.24, 2.45) is 5.92 Å². The van der Waals surface area contributed by atoms with E-state index in [-0.39, 0.29) is 5.97 Å². The van der Waals surface area contributed by atoms with Gasteiger partial charge in [-0.1, -0.05) is 0 Å². The lowest BCUT2D eigenvalue weighted by molar-refractivity contribution is -0.150. The molecule has 2 aliphatic heterocycles. The van der Waals surface area contributed by atoms with Crippen molar-refractivity contribution in [3.63, 3.8) is 0 Å². The molecule has 2 aliphatic rings. The van der Waals surface area contributed by atoms with Gasteiger partial charge in [0.2, 0.25) is 0 Å². The van der Waals surface area contributed by atoms with E-state index in [9.17, 15) is 4.79 Å². The van der Waals surface area contributed by atoms with Crippen LogP contribution in [-0.2, 0) is 9.53 Å². The van der Waals surface area contributed by atoms with Gasteiger partial charge in [-0.3, -0.25) is 4.79 Å². The van der Waals surface area contributed by atoms with Crippen LogP contribution in [0.1, 0.15) is 33.1 Å². The molecular weight excluding hydrogens is 216 g/mol. The molecule has 2 fully saturated rings. The summed E-state index contributed by atoms with van der Waals surface area (Å²) in [5.41, 5.74) is -0.404. The Labute approximate surface area is 104 Å². The maximum absolute atomic E-state index is 12.1. The van der Waals surface area contributed by atoms with Crippen LogP contribution in [-0.4, -0.2) is 49.2 Å². The zero-order chi connectivity index (χ0) is 12.5. The molecule has 0 amide bonds. The lowest BCUT2D eigenvalue weighted by atomic mass is 9.82. The number of nitrogens with one attached hydrogen (secondary N) is 1. The van der Waals surface area contributed by atoms with Crippen LogP contribution in [0.25, 0.3) is 0 Å². The van der Waals surface area contributed by atoms with E-state index in [1.54, 1.807) is 0 Å². The summed E-state index contributed by atoms with van der Waals surface area (Å²) in [5, 5.41) is 3.42. The van der Waals surface area contributed by atoms with E-state index in [1.165, 1.54) is 7.11 Å². The average Bonchev–Trinajstić information content (AvgIpc) is 2.96. The van der Waals surface area contributed by atoms with E-state index < -0.39 is 5.54 Å². The van der Waals surface area contributed by atoms with Crippen molar-refractivity contribution < 1.29 is 9.53 Å². The van der Waals surface area contributed by atoms with Gasteiger partial charge in [-0.05, 0) is 46.2 Å². The molecule has 2 unspecified atom stereocenters. The van der Waals surface area contributed by atoms with Gasteiger partial charge in [0.15, 0.2) is 0 Å². The highest BCUT2D eigenvalue weighted by Gasteiger charge is 2.50. The third kappa shape index (κ3) is 2.20. The SMILES string of the molecule is COC(=O)C1(C2CCN(C(C)C)C2)CCCN1. The second-order valence-electron chi connectivity index (χ2n) is 5.57. The highest BCUT2D eigenvalue weighted by atomic mass is 16.5. The van der Waals surface area contributed by atoms with E-state index in [4.69, 9.17) is 4.74 Å². The molecule has 4 nitrogen and oxygen atoms in total. The molecule has 0 radical (unpaired) electrons. The molecule has 0 saturated carbocycles. The van der Waals surface area contributed by atoms with Crippen LogP contribution >= 0.6 is 0 Å². The maximum Gasteiger partial charge on any atom is 0.326 e. The van der Waals surface area contributed by atoms with Crippen LogP contribution in [0, 0.1) is 5.92 Å². The molecule has 0 aromatic rings. The topological polar surface area (TPSA) is 41.6 Å². The largest absolute Gasteiger partial charge is 0.468 e. The first-order chi connectivity index (χ1) is 8.10. The highest BCUT2D eigenvalue weighted by molar-refractivity contribution is 5.81. The van der Waals surface area contributed by atoms with Gasteiger partial charge in [-0.25, -0.2) is 0 Å². The molecule has 4 heteroatoms. The van der Waals surface area contributed by atoms with Gasteiger partial charge in [-0.2, -0.15) is 0 Å². The van der Waals surface area contributed by atoms with Crippen molar-refractivity contribution in [3.05, 3.63) is 0 Å². The Morgan fingerprint density at radius 3 is 2.76 bits per heavy atom. The van der Waals surface area contributed by atoms with Crippen molar-refractivity contribution in [3.8, 4) is 0 Å². The van der Waals surface area contributed by atoms with Crippen molar-refractivity contribution in [2.45, 2.75) is 44.7 Å². The third-order valence-electron chi connectivity index (χ3n) is 4.38. The number of likely N-dealkylation sites (tertiary alicyclic amines) is 1. The summed E-state index contributed by atoms with van der Waals surface area (Å²) < 4.78 is 5.03. The predicted molar refractivity (Wildman–Crippen MR) is 66.8 cm³/mol. The van der Waals surface area contributed by atoms with Crippen molar-refractivity contribution in [2.75, 3.05) is 26.7 Å². The van der Waals surface area contributed by atoms with Crippen molar-refractivity contribution >= 4 is 5.97 Å². The standard InChI is InChI=1S/C13H24N2O2/c1-10(2)15-8-5-11(9-15)13(12(16)17-3)6-4-7-14-13/h10-11,14H,4-9H2,1-3H3. The number of methoxy groups -OCH3 is 1. The molecule has 2 atom stereocenters. The van der Waals surface area contributed by atoms with Gasteiger partial charge in [0.25, 0.3) is 0 Å². The molecule has 1 N–H and O–H groups in total. The van der Waals surface area contributed by atoms with E-state index in [0.29, 0.717) is 12.0 Å². The molecule has 0 spiro atoms. The molecule has 2 rings (SSSR count). The summed E-state index contributed by atoms with van der Waals surface area (Å²) in [6.45, 7) is 7.49. The van der Waals surface area contributed by atoms with Gasteiger partial charge in [0, 0.05) is 18.5 Å². The average molecular weight is 240 g/mol. The van der Waals surface area contributed by atoms with E-state index in [1.807, 2.05) is 0 Å². The van der Waals surface area contributed by atoms with E-state index >= 15 is 0 Å². The number of ether oxygens (including phenoxy) is 1. The maximum atomic E-state index is 12.1. The minimum Gasteiger partial charge on any atom is -0.468 e. The number of nitrogens with zero attached hydrogens (tertiary/aromatic N) is 1. The summed E-state index contributed by atoms with van der Waals surface area (Å²) in [5.74, 6) is 0.338. The Balaban J connectivity index is 2.10. The Kier molecular flexibility index (Phi) is 3.73. The Morgan fingerprint density at radius 1 is 1.53 bits per heavy atom. The number of carbonyl (C=O) groups is 1. The molecule has 0 aromatic heterocycles. The Hall–Kier alpha value is -0.610. The summed E-state index contributed by atoms with van der Waals surface area (Å²) in [7, 11) is 1.50. The van der Waals surface area contributed by atoms with Crippen LogP contribution < -0.4 is 5.32 Å². The predicted octanol–water partition coefficient (Wildman–Crippen LogP) is 1.01. The van der Waals surface area contributed by atoms with Crippen LogP contribution in [0.15, 0.2) is 0 Å². The highest BCUT2D eigenvalue weighted by Crippen LogP contribution is 2.35. The summed E-state index contributed by atoms with van der Waals surface area (Å²) in [6, 6.07) is 0.566. The number of hydrogen-bond donors (Lipinski definition) is 1. The summed E-state index contributed by atoms with van der Waals surface area (Å²) in [4.78, 5) is 14.6. The third-order valence-corrected chi connectivity index (χ3v) is 4.38. The monoisotopic (exact) mass is 240 g/mol. The molecule has 2 heterocycles. The normalized spacial score (nSPS) is 34.5. The Bertz CT molecular complexity index is 285. The number of carbonyl (C=O) groups excluding carboxylic acids is 1. The fraction of sp³-hybridized carbons (Fsp3) is 0.923. The Morgan fingerprint density at radius 2 is 2.29 bits per heavy atom. The van der Waals surface area contributed by atoms with Crippen LogP contribution in [0.5, 0.6) is 0 Å². The van der Waals surface area contributed by atoms with Gasteiger partial charge < -0.3 is 15.0 Å². The van der Waals surface area contributed by atoms with Crippen LogP contribution in [0.3, 0.4) is 0 Å². The summed E-state index contributed by atoms with van der Waals surface area (Å²) >= 11 is 0. The molecular formula is C13H24N2O2. The van der Waals surface area contributed by atoms with Crippen molar-refractivity contribution in [1.82, 2.24) is 10.2 Å². The molecule has 0 aliphatic carbocycles. The second-order valence-corrected chi connectivity index (χ2v) is 5.57. The molecule has 0 bridgehead atoms. The number of hydrogen-bond acceptors (Lipinski definition) is 4. The zero-order valence-electron chi connectivity index (χ0n) is 11.2. The van der Waals surface area contributed by atoms with Gasteiger partial charge in [-0.15, -0.1) is 0 Å². The quantitative estimate of drug-likeness (QED) is 0.748. The van der Waals surface area contributed by atoms with Crippen LogP contribution in [0.4, 0.5) is 0 Å². The molecule has 2 saturated heterocycles. The molecule has 0 aromatic carbocycles. The minimum atomic E-state index is -0.404. The smallest absolute Gasteiger partial charge is 0.326 e. The summed E-state index contributed by atoms with van der Waals surface area (Å²) in [6.07, 6.45) is 3.10. The second kappa shape index (κ2) is 4.94.